The van der Waals surface area contributed by atoms with Crippen LogP contribution in [0.25, 0.3) is 0 Å². The van der Waals surface area contributed by atoms with Gasteiger partial charge >= 0.3 is 0 Å². The highest BCUT2D eigenvalue weighted by atomic mass is 35.5. The second-order valence-electron chi connectivity index (χ2n) is 8.02. The number of aryl methyl sites for hydroxylation is 1. The number of hydrogen-bond acceptors (Lipinski definition) is 5. The van der Waals surface area contributed by atoms with Crippen LogP contribution in [0.3, 0.4) is 0 Å². The number of rotatable bonds is 11. The average Bonchev–Trinajstić information content (AvgIpc) is 2.78. The number of hydrogen-bond donors (Lipinski definition) is 1. The molecule has 0 saturated heterocycles. The molecule has 0 spiro atoms. The number of nitrogens with one attached hydrogen (secondary N) is 1. The maximum absolute atomic E-state index is 13.7. The minimum absolute atomic E-state index is 0.00691. The summed E-state index contributed by atoms with van der Waals surface area (Å²) in [6.07, 6.45) is 1.33. The average molecular weight is 545 g/mol. The first-order chi connectivity index (χ1) is 16.4. The molecular weight excluding hydrogens is 513 g/mol. The molecule has 1 unspecified atom stereocenters. The Morgan fingerprint density at radius 2 is 1.80 bits per heavy atom. The van der Waals surface area contributed by atoms with Crippen LogP contribution < -0.4 is 14.4 Å². The molecule has 35 heavy (non-hydrogen) atoms. The molecular formula is C24H31Cl2N3O5S. The number of amides is 2. The summed E-state index contributed by atoms with van der Waals surface area (Å²) in [6.45, 7) is 5.22. The largest absolute Gasteiger partial charge is 0.495 e. The van der Waals surface area contributed by atoms with Crippen molar-refractivity contribution in [2.24, 2.45) is 0 Å². The quantitative estimate of drug-likeness (QED) is 0.461. The number of halogens is 2. The van der Waals surface area contributed by atoms with Gasteiger partial charge in [-0.15, -0.1) is 0 Å². The minimum Gasteiger partial charge on any atom is -0.495 e. The van der Waals surface area contributed by atoms with Gasteiger partial charge in [0.15, 0.2) is 0 Å². The van der Waals surface area contributed by atoms with E-state index in [1.165, 1.54) is 12.0 Å². The Morgan fingerprint density at radius 3 is 2.34 bits per heavy atom. The third kappa shape index (κ3) is 7.49. The van der Waals surface area contributed by atoms with Crippen LogP contribution in [0.1, 0.15) is 31.4 Å². The van der Waals surface area contributed by atoms with E-state index in [0.29, 0.717) is 34.3 Å². The summed E-state index contributed by atoms with van der Waals surface area (Å²) < 4.78 is 31.9. The number of benzene rings is 2. The van der Waals surface area contributed by atoms with Gasteiger partial charge in [0, 0.05) is 23.1 Å². The standard InChI is InChI=1S/C24H31Cl2N3O5S/c1-6-20(24(31)27-7-2)28(14-17-9-10-18(25)13-19(17)26)23(30)15-29(35(5,32)33)21-12-16(3)8-11-22(21)34-4/h8-13,20H,6-7,14-15H2,1-5H3,(H,27,31). The molecule has 11 heteroatoms. The van der Waals surface area contributed by atoms with Gasteiger partial charge in [0.1, 0.15) is 18.3 Å². The second kappa shape index (κ2) is 12.5. The molecule has 192 valence electrons. The van der Waals surface area contributed by atoms with E-state index < -0.39 is 28.5 Å². The second-order valence-corrected chi connectivity index (χ2v) is 10.8. The summed E-state index contributed by atoms with van der Waals surface area (Å²) >= 11 is 12.4. The van der Waals surface area contributed by atoms with Crippen molar-refractivity contribution >= 4 is 50.7 Å². The van der Waals surface area contributed by atoms with Crippen molar-refractivity contribution in [3.63, 3.8) is 0 Å². The lowest BCUT2D eigenvalue weighted by atomic mass is 10.1. The predicted molar refractivity (Wildman–Crippen MR) is 140 cm³/mol. The van der Waals surface area contributed by atoms with Crippen molar-refractivity contribution in [2.75, 3.05) is 30.8 Å². The summed E-state index contributed by atoms with van der Waals surface area (Å²) in [7, 11) is -2.46. The van der Waals surface area contributed by atoms with Crippen LogP contribution in [-0.4, -0.2) is 57.6 Å². The Bertz CT molecular complexity index is 1170. The fourth-order valence-corrected chi connectivity index (χ4v) is 4.95. The van der Waals surface area contributed by atoms with Crippen molar-refractivity contribution in [3.05, 3.63) is 57.6 Å². The van der Waals surface area contributed by atoms with E-state index in [0.717, 1.165) is 16.1 Å². The normalized spacial score (nSPS) is 12.1. The van der Waals surface area contributed by atoms with E-state index in [-0.39, 0.29) is 18.1 Å². The lowest BCUT2D eigenvalue weighted by molar-refractivity contribution is -0.140. The van der Waals surface area contributed by atoms with Crippen molar-refractivity contribution in [3.8, 4) is 5.75 Å². The molecule has 1 N–H and O–H groups in total. The van der Waals surface area contributed by atoms with Gasteiger partial charge < -0.3 is 15.0 Å². The number of carbonyl (C=O) groups is 2. The maximum atomic E-state index is 13.7. The molecule has 8 nitrogen and oxygen atoms in total. The summed E-state index contributed by atoms with van der Waals surface area (Å²) in [4.78, 5) is 27.9. The minimum atomic E-state index is -3.88. The van der Waals surface area contributed by atoms with E-state index in [4.69, 9.17) is 27.9 Å². The highest BCUT2D eigenvalue weighted by Crippen LogP contribution is 2.31. The molecule has 2 aromatic rings. The van der Waals surface area contributed by atoms with Crippen molar-refractivity contribution < 1.29 is 22.7 Å². The number of methoxy groups -OCH3 is 1. The highest BCUT2D eigenvalue weighted by Gasteiger charge is 2.32. The van der Waals surface area contributed by atoms with Crippen LogP contribution in [-0.2, 0) is 26.2 Å². The third-order valence-corrected chi connectivity index (χ3v) is 7.09. The Kier molecular flexibility index (Phi) is 10.2. The number of anilines is 1. The molecule has 0 bridgehead atoms. The summed E-state index contributed by atoms with van der Waals surface area (Å²) in [5, 5.41) is 3.51. The third-order valence-electron chi connectivity index (χ3n) is 5.37. The summed E-state index contributed by atoms with van der Waals surface area (Å²) in [5.41, 5.74) is 1.60. The van der Waals surface area contributed by atoms with Gasteiger partial charge in [-0.05, 0) is 55.7 Å². The number of nitrogens with zero attached hydrogens (tertiary/aromatic N) is 2. The molecule has 0 radical (unpaired) electrons. The van der Waals surface area contributed by atoms with Crippen LogP contribution in [0.15, 0.2) is 36.4 Å². The monoisotopic (exact) mass is 543 g/mol. The first-order valence-electron chi connectivity index (χ1n) is 11.1. The first kappa shape index (κ1) is 28.7. The lowest BCUT2D eigenvalue weighted by Gasteiger charge is -2.33. The first-order valence-corrected chi connectivity index (χ1v) is 13.7. The molecule has 2 rings (SSSR count). The van der Waals surface area contributed by atoms with Gasteiger partial charge in [-0.25, -0.2) is 8.42 Å². The Hall–Kier alpha value is -2.49. The van der Waals surface area contributed by atoms with Crippen LogP contribution in [0, 0.1) is 6.92 Å². The zero-order valence-corrected chi connectivity index (χ0v) is 22.8. The zero-order valence-electron chi connectivity index (χ0n) is 20.5. The summed E-state index contributed by atoms with van der Waals surface area (Å²) in [5.74, 6) is -0.604. The van der Waals surface area contributed by atoms with Gasteiger partial charge in [-0.2, -0.15) is 0 Å². The molecule has 0 aliphatic heterocycles. The molecule has 2 amide bonds. The Balaban J connectivity index is 2.54. The van der Waals surface area contributed by atoms with Crippen LogP contribution in [0.5, 0.6) is 5.75 Å². The summed E-state index contributed by atoms with van der Waals surface area (Å²) in [6, 6.07) is 9.08. The molecule has 0 heterocycles. The molecule has 0 aromatic heterocycles. The Labute approximate surface area is 217 Å². The maximum Gasteiger partial charge on any atom is 0.244 e. The van der Waals surface area contributed by atoms with E-state index >= 15 is 0 Å². The van der Waals surface area contributed by atoms with E-state index in [1.54, 1.807) is 50.2 Å². The Morgan fingerprint density at radius 1 is 1.11 bits per heavy atom. The predicted octanol–water partition coefficient (Wildman–Crippen LogP) is 4.02. The zero-order chi connectivity index (χ0) is 26.3. The van der Waals surface area contributed by atoms with Gasteiger partial charge in [-0.1, -0.05) is 42.3 Å². The van der Waals surface area contributed by atoms with Crippen molar-refractivity contribution in [2.45, 2.75) is 39.8 Å². The van der Waals surface area contributed by atoms with Crippen molar-refractivity contribution in [1.82, 2.24) is 10.2 Å². The molecule has 1 atom stereocenters. The van der Waals surface area contributed by atoms with E-state index in [9.17, 15) is 18.0 Å². The van der Waals surface area contributed by atoms with Gasteiger partial charge in [0.2, 0.25) is 21.8 Å². The lowest BCUT2D eigenvalue weighted by Crippen LogP contribution is -2.52. The van der Waals surface area contributed by atoms with Crippen molar-refractivity contribution in [1.29, 1.82) is 0 Å². The topological polar surface area (TPSA) is 96.0 Å². The SMILES string of the molecule is CCNC(=O)C(CC)N(Cc1ccc(Cl)cc1Cl)C(=O)CN(c1cc(C)ccc1OC)S(C)(=O)=O. The molecule has 0 saturated carbocycles. The van der Waals surface area contributed by atoms with Crippen LogP contribution in [0.4, 0.5) is 5.69 Å². The molecule has 0 fully saturated rings. The number of ether oxygens (including phenoxy) is 1. The number of sulfonamides is 1. The van der Waals surface area contributed by atoms with Gasteiger partial charge in [-0.3, -0.25) is 13.9 Å². The van der Waals surface area contributed by atoms with Crippen LogP contribution >= 0.6 is 23.2 Å². The van der Waals surface area contributed by atoms with E-state index in [2.05, 4.69) is 5.32 Å². The number of likely N-dealkylation sites (N-methyl/N-ethyl adjacent to an activating group) is 1. The van der Waals surface area contributed by atoms with Gasteiger partial charge in [0.05, 0.1) is 19.1 Å². The van der Waals surface area contributed by atoms with E-state index in [1.807, 2.05) is 6.92 Å². The smallest absolute Gasteiger partial charge is 0.244 e. The number of carbonyl (C=O) groups excluding carboxylic acids is 2. The fourth-order valence-electron chi connectivity index (χ4n) is 3.63. The molecule has 0 aliphatic carbocycles. The highest BCUT2D eigenvalue weighted by molar-refractivity contribution is 7.92. The fraction of sp³-hybridized carbons (Fsp3) is 0.417. The van der Waals surface area contributed by atoms with Gasteiger partial charge in [0.25, 0.3) is 0 Å². The molecule has 0 aliphatic rings. The van der Waals surface area contributed by atoms with Crippen LogP contribution in [0.2, 0.25) is 10.0 Å². The molecule has 2 aromatic carbocycles.